The molecule has 3 nitrogen and oxygen atoms in total. The van der Waals surface area contributed by atoms with E-state index in [9.17, 15) is 13.6 Å². The van der Waals surface area contributed by atoms with Crippen molar-refractivity contribution < 1.29 is 13.6 Å². The van der Waals surface area contributed by atoms with E-state index in [0.29, 0.717) is 11.4 Å². The molecule has 0 aromatic heterocycles. The third kappa shape index (κ3) is 6.59. The summed E-state index contributed by atoms with van der Waals surface area (Å²) in [7, 11) is 0. The van der Waals surface area contributed by atoms with Gasteiger partial charge in [-0.3, -0.25) is 4.79 Å². The molecular weight excluding hydrogens is 321 g/mol. The fourth-order valence-corrected chi connectivity index (χ4v) is 1.97. The van der Waals surface area contributed by atoms with E-state index in [1.807, 2.05) is 6.07 Å². The van der Waals surface area contributed by atoms with Gasteiger partial charge < -0.3 is 11.1 Å². The average Bonchev–Trinajstić information content (AvgIpc) is 2.35. The average molecular weight is 341 g/mol. The Hall–Kier alpha value is -0.910. The molecular formula is C14H20Cl2F2N2O. The molecule has 1 amide bonds. The maximum absolute atomic E-state index is 13.0. The highest BCUT2D eigenvalue weighted by Gasteiger charge is 2.32. The molecule has 1 aromatic rings. The van der Waals surface area contributed by atoms with Gasteiger partial charge in [0.25, 0.3) is 5.92 Å². The minimum absolute atomic E-state index is 0. The molecule has 0 fully saturated rings. The monoisotopic (exact) mass is 340 g/mol. The second-order valence-electron chi connectivity index (χ2n) is 5.43. The molecule has 0 aliphatic carbocycles. The van der Waals surface area contributed by atoms with Gasteiger partial charge in [0.1, 0.15) is 0 Å². The van der Waals surface area contributed by atoms with E-state index in [1.54, 1.807) is 32.0 Å². The van der Waals surface area contributed by atoms with Crippen LogP contribution in [0.5, 0.6) is 0 Å². The molecule has 0 radical (unpaired) electrons. The van der Waals surface area contributed by atoms with E-state index in [4.69, 9.17) is 17.3 Å². The first-order chi connectivity index (χ1) is 9.16. The lowest BCUT2D eigenvalue weighted by Crippen LogP contribution is -2.46. The zero-order valence-electron chi connectivity index (χ0n) is 12.0. The largest absolute Gasteiger partial charge is 0.350 e. The number of carbonyl (C=O) groups excluding carboxylic acids is 1. The van der Waals surface area contributed by atoms with E-state index in [2.05, 4.69) is 5.32 Å². The molecule has 120 valence electrons. The van der Waals surface area contributed by atoms with Gasteiger partial charge in [-0.15, -0.1) is 12.4 Å². The number of amides is 1. The summed E-state index contributed by atoms with van der Waals surface area (Å²) >= 11 is 5.88. The summed E-state index contributed by atoms with van der Waals surface area (Å²) in [4.78, 5) is 12.0. The summed E-state index contributed by atoms with van der Waals surface area (Å²) in [5.41, 5.74) is 4.99. The van der Waals surface area contributed by atoms with Crippen molar-refractivity contribution >= 4 is 29.9 Å². The van der Waals surface area contributed by atoms with Gasteiger partial charge in [0.2, 0.25) is 5.91 Å². The third-order valence-corrected chi connectivity index (χ3v) is 3.19. The molecule has 0 saturated heterocycles. The zero-order valence-corrected chi connectivity index (χ0v) is 13.5. The first kappa shape index (κ1) is 20.1. The van der Waals surface area contributed by atoms with Crippen LogP contribution < -0.4 is 11.1 Å². The number of carbonyl (C=O) groups is 1. The first-order valence-corrected chi connectivity index (χ1v) is 6.65. The number of hydrogen-bond donors (Lipinski definition) is 2. The highest BCUT2D eigenvalue weighted by molar-refractivity contribution is 6.30. The van der Waals surface area contributed by atoms with Crippen molar-refractivity contribution in [1.29, 1.82) is 0 Å². The van der Waals surface area contributed by atoms with Crippen LogP contribution in [0.4, 0.5) is 8.78 Å². The van der Waals surface area contributed by atoms with Crippen LogP contribution in [0.15, 0.2) is 24.3 Å². The minimum atomic E-state index is -3.08. The van der Waals surface area contributed by atoms with E-state index in [-0.39, 0.29) is 12.4 Å². The minimum Gasteiger partial charge on any atom is -0.350 e. The molecule has 0 heterocycles. The van der Waals surface area contributed by atoms with E-state index in [1.165, 1.54) is 0 Å². The molecule has 0 aliphatic rings. The highest BCUT2D eigenvalue weighted by Crippen LogP contribution is 2.24. The van der Waals surface area contributed by atoms with Gasteiger partial charge in [0, 0.05) is 10.4 Å². The molecule has 1 aromatic carbocycles. The molecule has 0 atom stereocenters. The molecule has 0 unspecified atom stereocenters. The number of nitrogens with two attached hydrogens (primary N) is 1. The highest BCUT2D eigenvalue weighted by atomic mass is 35.5. The van der Waals surface area contributed by atoms with E-state index in [0.717, 1.165) is 5.56 Å². The smallest absolute Gasteiger partial charge is 0.277 e. The fraction of sp³-hybridized carbons (Fsp3) is 0.500. The summed E-state index contributed by atoms with van der Waals surface area (Å²) in [6.45, 7) is 1.86. The quantitative estimate of drug-likeness (QED) is 0.836. The van der Waals surface area contributed by atoms with Crippen molar-refractivity contribution in [1.82, 2.24) is 5.32 Å². The number of nitrogens with one attached hydrogen (secondary N) is 1. The Morgan fingerprint density at radius 3 is 2.52 bits per heavy atom. The van der Waals surface area contributed by atoms with Gasteiger partial charge in [-0.1, -0.05) is 37.6 Å². The molecule has 0 bridgehead atoms. The van der Waals surface area contributed by atoms with Crippen LogP contribution >= 0.6 is 24.0 Å². The number of alkyl halides is 2. The number of halogens is 4. The normalized spacial score (nSPS) is 11.7. The molecule has 0 spiro atoms. The number of rotatable bonds is 6. The van der Waals surface area contributed by atoms with Crippen molar-refractivity contribution in [2.75, 3.05) is 13.1 Å². The summed E-state index contributed by atoms with van der Waals surface area (Å²) in [5.74, 6) is -3.52. The van der Waals surface area contributed by atoms with Crippen LogP contribution in [0.1, 0.15) is 19.4 Å². The van der Waals surface area contributed by atoms with Crippen LogP contribution in [-0.2, 0) is 11.2 Å². The molecule has 21 heavy (non-hydrogen) atoms. The van der Waals surface area contributed by atoms with Gasteiger partial charge >= 0.3 is 0 Å². The number of hydrogen-bond acceptors (Lipinski definition) is 2. The van der Waals surface area contributed by atoms with Crippen LogP contribution in [0, 0.1) is 5.41 Å². The lowest BCUT2D eigenvalue weighted by molar-refractivity contribution is -0.131. The standard InChI is InChI=1S/C14H19ClF2N2O.ClH/c1-13(2,7-10-4-3-5-11(15)6-10)12(20)19-9-14(16,17)8-18;/h3-6H,7-9,18H2,1-2H3,(H,19,20);1H. The van der Waals surface area contributed by atoms with Crippen LogP contribution in [0.2, 0.25) is 5.02 Å². The van der Waals surface area contributed by atoms with Crippen molar-refractivity contribution in [3.8, 4) is 0 Å². The van der Waals surface area contributed by atoms with Crippen LogP contribution in [0.3, 0.4) is 0 Å². The van der Waals surface area contributed by atoms with Crippen LogP contribution in [0.25, 0.3) is 0 Å². The summed E-state index contributed by atoms with van der Waals surface area (Å²) in [6.07, 6.45) is 0.410. The Morgan fingerprint density at radius 1 is 1.38 bits per heavy atom. The Labute approximate surface area is 134 Å². The van der Waals surface area contributed by atoms with Crippen molar-refractivity contribution in [2.45, 2.75) is 26.2 Å². The van der Waals surface area contributed by atoms with Crippen molar-refractivity contribution in [3.63, 3.8) is 0 Å². The first-order valence-electron chi connectivity index (χ1n) is 6.27. The topological polar surface area (TPSA) is 55.1 Å². The van der Waals surface area contributed by atoms with Gasteiger partial charge in [-0.05, 0) is 24.1 Å². The maximum atomic E-state index is 13.0. The predicted octanol–water partition coefficient (Wildman–Crippen LogP) is 3.04. The second kappa shape index (κ2) is 7.92. The van der Waals surface area contributed by atoms with Gasteiger partial charge in [-0.25, -0.2) is 8.78 Å². The number of benzene rings is 1. The Balaban J connectivity index is 0.00000400. The Kier molecular flexibility index (Phi) is 7.57. The van der Waals surface area contributed by atoms with Crippen molar-refractivity contribution in [3.05, 3.63) is 34.9 Å². The maximum Gasteiger partial charge on any atom is 0.277 e. The molecule has 3 N–H and O–H groups in total. The molecule has 7 heteroatoms. The van der Waals surface area contributed by atoms with E-state index >= 15 is 0 Å². The van der Waals surface area contributed by atoms with Gasteiger partial charge in [0.15, 0.2) is 0 Å². The molecule has 1 rings (SSSR count). The zero-order chi connectivity index (χ0) is 15.4. The Bertz CT molecular complexity index is 482. The van der Waals surface area contributed by atoms with Crippen LogP contribution in [-0.4, -0.2) is 24.9 Å². The van der Waals surface area contributed by atoms with E-state index < -0.39 is 30.3 Å². The van der Waals surface area contributed by atoms with Gasteiger partial charge in [0.05, 0.1) is 13.1 Å². The Morgan fingerprint density at radius 2 is 2.00 bits per heavy atom. The summed E-state index contributed by atoms with van der Waals surface area (Å²) in [5, 5.41) is 2.82. The van der Waals surface area contributed by atoms with Gasteiger partial charge in [-0.2, -0.15) is 0 Å². The third-order valence-electron chi connectivity index (χ3n) is 2.96. The van der Waals surface area contributed by atoms with Crippen molar-refractivity contribution in [2.24, 2.45) is 11.1 Å². The SMILES string of the molecule is CC(C)(Cc1cccc(Cl)c1)C(=O)NCC(F)(F)CN.Cl. The summed E-state index contributed by atoms with van der Waals surface area (Å²) < 4.78 is 26.0. The predicted molar refractivity (Wildman–Crippen MR) is 83.2 cm³/mol. The second-order valence-corrected chi connectivity index (χ2v) is 5.87. The summed E-state index contributed by atoms with van der Waals surface area (Å²) in [6, 6.07) is 7.12. The fourth-order valence-electron chi connectivity index (χ4n) is 1.76. The lowest BCUT2D eigenvalue weighted by Gasteiger charge is -2.25. The lowest BCUT2D eigenvalue weighted by atomic mass is 9.85. The molecule has 0 aliphatic heterocycles. The molecule has 0 saturated carbocycles.